The summed E-state index contributed by atoms with van der Waals surface area (Å²) < 4.78 is 4.96. The van der Waals surface area contributed by atoms with Crippen LogP contribution in [0.5, 0.6) is 0 Å². The Morgan fingerprint density at radius 1 is 1.59 bits per heavy atom. The summed E-state index contributed by atoms with van der Waals surface area (Å²) in [5, 5.41) is 8.72. The smallest absolute Gasteiger partial charge is 0.338 e. The molecule has 94 valence electrons. The van der Waals surface area contributed by atoms with Crippen LogP contribution >= 0.6 is 11.8 Å². The van der Waals surface area contributed by atoms with E-state index in [1.807, 2.05) is 13.2 Å². The molecule has 0 aromatic carbocycles. The molecule has 1 amide bonds. The van der Waals surface area contributed by atoms with Gasteiger partial charge in [-0.05, 0) is 13.2 Å². The molecule has 17 heavy (non-hydrogen) atoms. The number of carbonyl (C=O) groups excluding carboxylic acids is 1. The van der Waals surface area contributed by atoms with Gasteiger partial charge >= 0.3 is 5.97 Å². The van der Waals surface area contributed by atoms with Crippen molar-refractivity contribution in [2.45, 2.75) is 13.0 Å². The Morgan fingerprint density at radius 3 is 2.71 bits per heavy atom. The van der Waals surface area contributed by atoms with Gasteiger partial charge in [0.2, 0.25) is 0 Å². The number of rotatable bonds is 5. The molecule has 0 spiro atoms. The van der Waals surface area contributed by atoms with E-state index in [4.69, 9.17) is 9.52 Å². The Labute approximate surface area is 104 Å². The fourth-order valence-electron chi connectivity index (χ4n) is 1.29. The number of thioether (sulfide) groups is 1. The van der Waals surface area contributed by atoms with Crippen LogP contribution in [0.2, 0.25) is 0 Å². The molecule has 0 aliphatic rings. The maximum absolute atomic E-state index is 11.9. The van der Waals surface area contributed by atoms with Gasteiger partial charge < -0.3 is 14.4 Å². The van der Waals surface area contributed by atoms with Crippen molar-refractivity contribution < 1.29 is 19.1 Å². The van der Waals surface area contributed by atoms with Crippen LogP contribution in [-0.2, 0) is 0 Å². The zero-order valence-corrected chi connectivity index (χ0v) is 10.8. The lowest BCUT2D eigenvalue weighted by Gasteiger charge is -2.23. The Balaban J connectivity index is 2.77. The monoisotopic (exact) mass is 257 g/mol. The molecule has 1 aromatic heterocycles. The van der Waals surface area contributed by atoms with Gasteiger partial charge in [-0.1, -0.05) is 0 Å². The van der Waals surface area contributed by atoms with Crippen LogP contribution in [0.15, 0.2) is 16.7 Å². The van der Waals surface area contributed by atoms with Gasteiger partial charge in [0, 0.05) is 24.9 Å². The minimum absolute atomic E-state index is 0.0146. The quantitative estimate of drug-likeness (QED) is 0.871. The van der Waals surface area contributed by atoms with Crippen LogP contribution in [0.25, 0.3) is 0 Å². The molecule has 0 radical (unpaired) electrons. The summed E-state index contributed by atoms with van der Waals surface area (Å²) in [7, 11) is 1.67. The first-order valence-corrected chi connectivity index (χ1v) is 6.44. The second kappa shape index (κ2) is 5.77. The van der Waals surface area contributed by atoms with E-state index >= 15 is 0 Å². The number of carboxylic acids is 1. The Kier molecular flexibility index (Phi) is 4.62. The van der Waals surface area contributed by atoms with Gasteiger partial charge in [-0.2, -0.15) is 11.8 Å². The van der Waals surface area contributed by atoms with Crippen LogP contribution < -0.4 is 0 Å². The molecule has 0 aliphatic heterocycles. The largest absolute Gasteiger partial charge is 0.478 e. The lowest BCUT2D eigenvalue weighted by atomic mass is 10.2. The maximum Gasteiger partial charge on any atom is 0.338 e. The van der Waals surface area contributed by atoms with Crippen molar-refractivity contribution in [1.29, 1.82) is 0 Å². The molecule has 0 fully saturated rings. The molecule has 6 heteroatoms. The molecule has 0 saturated carbocycles. The normalized spacial score (nSPS) is 12.2. The van der Waals surface area contributed by atoms with Crippen LogP contribution in [0.3, 0.4) is 0 Å². The molecule has 1 N–H and O–H groups in total. The van der Waals surface area contributed by atoms with Crippen molar-refractivity contribution >= 4 is 23.6 Å². The maximum atomic E-state index is 11.9. The first-order chi connectivity index (χ1) is 7.97. The highest BCUT2D eigenvalue weighted by atomic mass is 32.2. The van der Waals surface area contributed by atoms with Gasteiger partial charge in [0.25, 0.3) is 5.91 Å². The predicted octanol–water partition coefficient (Wildman–Crippen LogP) is 1.80. The first kappa shape index (κ1) is 13.6. The molecule has 1 rings (SSSR count). The number of furan rings is 1. The number of hydrogen-bond donors (Lipinski definition) is 1. The third-order valence-electron chi connectivity index (χ3n) is 2.45. The van der Waals surface area contributed by atoms with E-state index in [9.17, 15) is 9.59 Å². The molecule has 1 aromatic rings. The number of carboxylic acid groups (broad SMARTS) is 1. The van der Waals surface area contributed by atoms with E-state index in [2.05, 4.69) is 0 Å². The fourth-order valence-corrected chi connectivity index (χ4v) is 1.99. The van der Waals surface area contributed by atoms with E-state index in [1.54, 1.807) is 23.7 Å². The minimum Gasteiger partial charge on any atom is -0.478 e. The van der Waals surface area contributed by atoms with E-state index in [0.717, 1.165) is 12.0 Å². The lowest BCUT2D eigenvalue weighted by molar-refractivity contribution is 0.0693. The second-order valence-corrected chi connectivity index (χ2v) is 4.64. The third kappa shape index (κ3) is 3.26. The van der Waals surface area contributed by atoms with Gasteiger partial charge in [-0.15, -0.1) is 0 Å². The fraction of sp³-hybridized carbons (Fsp3) is 0.455. The number of hydrogen-bond acceptors (Lipinski definition) is 4. The molecule has 0 bridgehead atoms. The Morgan fingerprint density at radius 2 is 2.24 bits per heavy atom. The first-order valence-electron chi connectivity index (χ1n) is 5.05. The molecule has 5 nitrogen and oxygen atoms in total. The number of aromatic carboxylic acids is 1. The van der Waals surface area contributed by atoms with Crippen LogP contribution in [0.4, 0.5) is 0 Å². The van der Waals surface area contributed by atoms with Crippen molar-refractivity contribution in [2.75, 3.05) is 19.1 Å². The van der Waals surface area contributed by atoms with Gasteiger partial charge in [0.15, 0.2) is 5.76 Å². The summed E-state index contributed by atoms with van der Waals surface area (Å²) in [5.74, 6) is -0.543. The van der Waals surface area contributed by atoms with Gasteiger partial charge in [0.05, 0.1) is 5.56 Å². The molecule has 1 atom stereocenters. The summed E-state index contributed by atoms with van der Waals surface area (Å²) in [6.45, 7) is 1.93. The number of nitrogens with zero attached hydrogens (tertiary/aromatic N) is 1. The van der Waals surface area contributed by atoms with E-state index in [-0.39, 0.29) is 23.3 Å². The predicted molar refractivity (Wildman–Crippen MR) is 65.6 cm³/mol. The van der Waals surface area contributed by atoms with Crippen LogP contribution in [-0.4, -0.2) is 47.0 Å². The summed E-state index contributed by atoms with van der Waals surface area (Å²) in [6.07, 6.45) is 3.03. The van der Waals surface area contributed by atoms with Gasteiger partial charge in [0.1, 0.15) is 6.26 Å². The molecule has 0 aliphatic carbocycles. The molecular formula is C11H15NO4S. The van der Waals surface area contributed by atoms with E-state index in [1.165, 1.54) is 6.07 Å². The lowest BCUT2D eigenvalue weighted by Crippen LogP contribution is -2.36. The van der Waals surface area contributed by atoms with Crippen molar-refractivity contribution in [1.82, 2.24) is 4.90 Å². The number of amides is 1. The summed E-state index contributed by atoms with van der Waals surface area (Å²) in [6, 6.07) is 1.31. The highest BCUT2D eigenvalue weighted by Gasteiger charge is 2.21. The summed E-state index contributed by atoms with van der Waals surface area (Å²) in [4.78, 5) is 24.1. The van der Waals surface area contributed by atoms with Gasteiger partial charge in [-0.3, -0.25) is 4.79 Å². The zero-order chi connectivity index (χ0) is 13.0. The van der Waals surface area contributed by atoms with Crippen molar-refractivity contribution in [3.8, 4) is 0 Å². The van der Waals surface area contributed by atoms with Gasteiger partial charge in [-0.25, -0.2) is 4.79 Å². The van der Waals surface area contributed by atoms with Crippen molar-refractivity contribution in [3.63, 3.8) is 0 Å². The number of carbonyl (C=O) groups is 2. The minimum atomic E-state index is -1.10. The second-order valence-electron chi connectivity index (χ2n) is 3.73. The summed E-state index contributed by atoms with van der Waals surface area (Å²) in [5.41, 5.74) is -0.0146. The molecule has 0 saturated heterocycles. The molecule has 1 unspecified atom stereocenters. The van der Waals surface area contributed by atoms with E-state index < -0.39 is 5.97 Å². The van der Waals surface area contributed by atoms with E-state index in [0.29, 0.717) is 0 Å². The average molecular weight is 257 g/mol. The topological polar surface area (TPSA) is 70.8 Å². The third-order valence-corrected chi connectivity index (χ3v) is 3.26. The Bertz CT molecular complexity index is 415. The zero-order valence-electron chi connectivity index (χ0n) is 9.97. The highest BCUT2D eigenvalue weighted by Crippen LogP contribution is 2.13. The molecular weight excluding hydrogens is 242 g/mol. The Hall–Kier alpha value is -1.43. The van der Waals surface area contributed by atoms with Crippen LogP contribution in [0, 0.1) is 0 Å². The SMILES string of the molecule is CSCC(C)N(C)C(=O)c1cc(C(=O)O)co1. The molecule has 1 heterocycles. The van der Waals surface area contributed by atoms with Crippen molar-refractivity contribution in [2.24, 2.45) is 0 Å². The standard InChI is InChI=1S/C11H15NO4S/c1-7(6-17-3)12(2)10(13)9-4-8(5-16-9)11(14)15/h4-5,7H,6H2,1-3H3,(H,14,15). The van der Waals surface area contributed by atoms with Crippen molar-refractivity contribution in [3.05, 3.63) is 23.7 Å². The average Bonchev–Trinajstić information content (AvgIpc) is 2.76. The van der Waals surface area contributed by atoms with Crippen LogP contribution in [0.1, 0.15) is 27.8 Å². The summed E-state index contributed by atoms with van der Waals surface area (Å²) >= 11 is 1.64. The highest BCUT2D eigenvalue weighted by molar-refractivity contribution is 7.98.